The quantitative estimate of drug-likeness (QED) is 0.0742. The molecule has 4 aliphatic heterocycles. The number of carbonyl (C=O) groups is 4. The summed E-state index contributed by atoms with van der Waals surface area (Å²) in [6.45, 7) is 16.2. The summed E-state index contributed by atoms with van der Waals surface area (Å²) in [5.41, 5.74) is 31.2. The van der Waals surface area contributed by atoms with E-state index in [0.29, 0.717) is 75.2 Å². The van der Waals surface area contributed by atoms with Crippen molar-refractivity contribution in [2.75, 3.05) is 59.2 Å². The van der Waals surface area contributed by atoms with Crippen LogP contribution in [0.1, 0.15) is 85.0 Å². The number of fused-ring (bicyclic) bond motifs is 2. The molecule has 27 heteroatoms. The van der Waals surface area contributed by atoms with Crippen molar-refractivity contribution in [3.63, 3.8) is 0 Å². The first-order valence-corrected chi connectivity index (χ1v) is 46.0. The highest BCUT2D eigenvalue weighted by atomic mass is 32.1. The molecule has 8 aromatic carbocycles. The van der Waals surface area contributed by atoms with Crippen LogP contribution in [0, 0.1) is 34.6 Å². The molecular weight excluding hydrogens is 1690 g/mol. The summed E-state index contributed by atoms with van der Waals surface area (Å²) < 4.78 is 17.8. The van der Waals surface area contributed by atoms with E-state index in [0.717, 1.165) is 156 Å². The first kappa shape index (κ1) is 89.0. The summed E-state index contributed by atoms with van der Waals surface area (Å²) >= 11 is 3.21. The van der Waals surface area contributed by atoms with E-state index >= 15 is 0 Å². The topological polar surface area (TPSA) is 274 Å². The van der Waals surface area contributed by atoms with E-state index in [1.165, 1.54) is 49.7 Å². The third-order valence-corrected chi connectivity index (χ3v) is 25.9. The van der Waals surface area contributed by atoms with Crippen LogP contribution >= 0.6 is 22.7 Å². The molecule has 1 saturated heterocycles. The van der Waals surface area contributed by atoms with Gasteiger partial charge in [0.15, 0.2) is 5.13 Å². The molecule has 0 aliphatic carbocycles. The fourth-order valence-corrected chi connectivity index (χ4v) is 18.9. The number of carbonyl (C=O) groups excluding carboxylic acids is 4. The third kappa shape index (κ3) is 21.6. The predicted molar refractivity (Wildman–Crippen MR) is 518 cm³/mol. The first-order chi connectivity index (χ1) is 64.3. The standard InChI is InChI=1S/C28H29N5O2.C28H27N5O2.C25H25N5OS.C24H22N4OS/c2*1-20-7-6-10-23(15-20)25-16-26(22-8-4-3-5-9-22)33(31-25)18-28(34)32-13-11-21(12-14-32)24-17-27(35-2)30-19-29-24;1-17-6-5-9-19(14-17)21-15-22(18-7-3-2-4-8-18)30(28-21)16-24(31)29-12-10-20-23(11-13-29)32-25(26)27-20;1-16-7-6-10-19(11-16)20-12-22(18-8-4-3-5-9-18)28(26-20)15-24(29)27-13-21-23(14-27)30-17(2)25-21/h3-10,15-17,19,21H,11-14,18H2,1-2H3;3-11,15-17,19H,12-14,18H2,1-2H3;2-9,14-15H,10-13,16H2,1H3,(H2,26,27);3-12H,13-15H2,1-2H3. The molecule has 0 atom stereocenters. The smallest absolute Gasteiger partial charge is 0.245 e. The molecule has 0 spiro atoms. The van der Waals surface area contributed by atoms with Crippen LogP contribution in [0.4, 0.5) is 5.13 Å². The zero-order valence-electron chi connectivity index (χ0n) is 75.0. The first-order valence-electron chi connectivity index (χ1n) is 44.4. The van der Waals surface area contributed by atoms with Gasteiger partial charge in [-0.3, -0.25) is 37.9 Å². The largest absolute Gasteiger partial charge is 0.481 e. The average Bonchev–Trinajstić information content (AvgIpc) is 1.66. The molecule has 132 heavy (non-hydrogen) atoms. The number of aromatic nitrogens is 14. The Morgan fingerprint density at radius 2 is 0.750 bits per heavy atom. The Balaban J connectivity index is 0.000000123. The van der Waals surface area contributed by atoms with Gasteiger partial charge >= 0.3 is 0 Å². The van der Waals surface area contributed by atoms with E-state index in [4.69, 9.17) is 35.6 Å². The van der Waals surface area contributed by atoms with Crippen LogP contribution in [0.2, 0.25) is 0 Å². The molecule has 12 heterocycles. The van der Waals surface area contributed by atoms with Gasteiger partial charge in [0.2, 0.25) is 35.4 Å². The molecule has 1 fully saturated rings. The van der Waals surface area contributed by atoms with Crippen molar-refractivity contribution >= 4 is 57.0 Å². The van der Waals surface area contributed by atoms with Gasteiger partial charge in [-0.15, -0.1) is 22.7 Å². The maximum atomic E-state index is 13.3. The monoisotopic (exact) mass is 1790 g/mol. The highest BCUT2D eigenvalue weighted by molar-refractivity contribution is 7.15. The number of anilines is 1. The lowest BCUT2D eigenvalue weighted by Crippen LogP contribution is -2.40. The Morgan fingerprint density at radius 1 is 0.364 bits per heavy atom. The Hall–Kier alpha value is -15.0. The summed E-state index contributed by atoms with van der Waals surface area (Å²) in [4.78, 5) is 88.9. The number of aryl methyl sites for hydroxylation is 5. The molecule has 8 aromatic heterocycles. The number of nitrogens with zero attached hydrogens (tertiary/aromatic N) is 18. The third-order valence-electron chi connectivity index (χ3n) is 24.0. The van der Waals surface area contributed by atoms with Crippen molar-refractivity contribution in [1.29, 1.82) is 0 Å². The summed E-state index contributed by atoms with van der Waals surface area (Å²) in [5.74, 6) is 1.67. The van der Waals surface area contributed by atoms with Crippen molar-refractivity contribution in [2.45, 2.75) is 112 Å². The van der Waals surface area contributed by atoms with Gasteiger partial charge < -0.3 is 34.8 Å². The molecule has 0 bridgehead atoms. The van der Waals surface area contributed by atoms with Gasteiger partial charge in [0.1, 0.15) is 38.8 Å². The number of nitrogens with two attached hydrogens (primary N) is 1. The number of hydrogen-bond acceptors (Lipinski definition) is 19. The van der Waals surface area contributed by atoms with Gasteiger partial charge in [-0.25, -0.2) is 29.9 Å². The number of hydrogen-bond donors (Lipinski definition) is 1. The molecular formula is C105H103N19O6S2. The SMILES string of the molecule is COc1cc(C2=CCN(C(=O)Cn3nc(-c4cccc(C)c4)cc3-c3ccccc3)CC2)ncn1.COc1cc(C2CCN(C(=O)Cn3nc(-c4cccc(C)c4)cc3-c3ccccc3)CC2)ncn1.Cc1cccc(-c2cc(-c3ccccc3)n(CC(=O)N3CCc4nc(N)sc4CC3)n2)c1.Cc1cccc(-c2cc(-c3ccccc3)n(CC(=O)N3Cc4nc(C)sc4C3)n2)c1. The molecule has 4 amide bonds. The highest BCUT2D eigenvalue weighted by Crippen LogP contribution is 2.37. The van der Waals surface area contributed by atoms with E-state index in [2.05, 4.69) is 197 Å². The second-order valence-electron chi connectivity index (χ2n) is 33.3. The molecule has 2 N–H and O–H groups in total. The van der Waals surface area contributed by atoms with Gasteiger partial charge in [-0.1, -0.05) is 222 Å². The van der Waals surface area contributed by atoms with Crippen molar-refractivity contribution in [1.82, 2.24) is 88.6 Å². The van der Waals surface area contributed by atoms with Crippen LogP contribution in [0.15, 0.2) is 274 Å². The second-order valence-corrected chi connectivity index (χ2v) is 35.7. The molecule has 16 aromatic rings. The summed E-state index contributed by atoms with van der Waals surface area (Å²) in [7, 11) is 3.20. The van der Waals surface area contributed by atoms with Gasteiger partial charge in [0, 0.05) is 102 Å². The van der Waals surface area contributed by atoms with Gasteiger partial charge in [0.05, 0.1) is 101 Å². The fraction of sp³-hybridized carbons (Fsp3) is 0.238. The molecule has 25 nitrogen and oxygen atoms in total. The Kier molecular flexibility index (Phi) is 27.8. The number of benzene rings is 8. The Morgan fingerprint density at radius 3 is 1.16 bits per heavy atom. The van der Waals surface area contributed by atoms with E-state index in [1.807, 2.05) is 167 Å². The van der Waals surface area contributed by atoms with Gasteiger partial charge in [0.25, 0.3) is 0 Å². The number of ether oxygens (including phenoxy) is 2. The van der Waals surface area contributed by atoms with Gasteiger partial charge in [-0.05, 0) is 130 Å². The van der Waals surface area contributed by atoms with Crippen LogP contribution < -0.4 is 15.2 Å². The zero-order chi connectivity index (χ0) is 91.1. The molecule has 0 saturated carbocycles. The number of methoxy groups -OCH3 is 2. The van der Waals surface area contributed by atoms with Crippen LogP contribution in [-0.4, -0.2) is 166 Å². The minimum absolute atomic E-state index is 0.0386. The molecule has 20 rings (SSSR count). The lowest BCUT2D eigenvalue weighted by Gasteiger charge is -2.32. The number of amides is 4. The number of nitrogen functional groups attached to an aromatic ring is 1. The molecule has 4 aliphatic rings. The molecule has 0 radical (unpaired) electrons. The number of likely N-dealkylation sites (tertiary alicyclic amines) is 1. The van der Waals surface area contributed by atoms with E-state index in [-0.39, 0.29) is 49.8 Å². The van der Waals surface area contributed by atoms with Crippen LogP contribution in [-0.2, 0) is 71.3 Å². The Bertz CT molecular complexity index is 6740. The van der Waals surface area contributed by atoms with Gasteiger partial charge in [-0.2, -0.15) is 20.4 Å². The average molecular weight is 1790 g/mol. The number of thiazole rings is 2. The fourth-order valence-electron chi connectivity index (χ4n) is 17.1. The summed E-state index contributed by atoms with van der Waals surface area (Å²) in [6.07, 6.45) is 9.11. The van der Waals surface area contributed by atoms with Crippen LogP contribution in [0.25, 0.3) is 95.6 Å². The van der Waals surface area contributed by atoms with E-state index in [1.54, 1.807) is 31.9 Å². The number of piperidine rings is 1. The van der Waals surface area contributed by atoms with E-state index < -0.39 is 0 Å². The maximum absolute atomic E-state index is 13.3. The lowest BCUT2D eigenvalue weighted by molar-refractivity contribution is -0.133. The van der Waals surface area contributed by atoms with Crippen molar-refractivity contribution in [2.24, 2.45) is 0 Å². The van der Waals surface area contributed by atoms with Crippen LogP contribution in [0.3, 0.4) is 0 Å². The van der Waals surface area contributed by atoms with Crippen molar-refractivity contribution in [3.05, 3.63) is 333 Å². The van der Waals surface area contributed by atoms with Crippen molar-refractivity contribution < 1.29 is 28.7 Å². The zero-order valence-corrected chi connectivity index (χ0v) is 76.6. The van der Waals surface area contributed by atoms with Crippen LogP contribution in [0.5, 0.6) is 11.8 Å². The Labute approximate surface area is 775 Å². The minimum atomic E-state index is 0.0386. The van der Waals surface area contributed by atoms with Crippen molar-refractivity contribution in [3.8, 4) is 102 Å². The number of rotatable bonds is 20. The molecule has 0 unspecified atom stereocenters. The highest BCUT2D eigenvalue weighted by Gasteiger charge is 2.31. The maximum Gasteiger partial charge on any atom is 0.245 e. The summed E-state index contributed by atoms with van der Waals surface area (Å²) in [5, 5.41) is 21.0. The molecule has 666 valence electrons. The minimum Gasteiger partial charge on any atom is -0.481 e. The summed E-state index contributed by atoms with van der Waals surface area (Å²) in [6, 6.07) is 85.6. The second kappa shape index (κ2) is 41.2. The normalized spacial score (nSPS) is 13.6. The lowest BCUT2D eigenvalue weighted by atomic mass is 9.93. The van der Waals surface area contributed by atoms with E-state index in [9.17, 15) is 19.2 Å². The predicted octanol–water partition coefficient (Wildman–Crippen LogP) is 18.4.